The van der Waals surface area contributed by atoms with Crippen LogP contribution in [0.25, 0.3) is 0 Å². The minimum Gasteiger partial charge on any atom is -0.356 e. The average Bonchev–Trinajstić information content (AvgIpc) is 2.26. The van der Waals surface area contributed by atoms with Gasteiger partial charge in [0, 0.05) is 19.1 Å². The van der Waals surface area contributed by atoms with Crippen molar-refractivity contribution in [2.75, 3.05) is 13.1 Å². The van der Waals surface area contributed by atoms with Gasteiger partial charge in [-0.2, -0.15) is 0 Å². The summed E-state index contributed by atoms with van der Waals surface area (Å²) in [6.45, 7) is 10.4. The lowest BCUT2D eigenvalue weighted by Gasteiger charge is -2.27. The van der Waals surface area contributed by atoms with Crippen molar-refractivity contribution < 1.29 is 4.79 Å². The number of carbonyl (C=O) groups is 1. The Balaban J connectivity index is 2.25. The lowest BCUT2D eigenvalue weighted by atomic mass is 9.94. The summed E-state index contributed by atoms with van der Waals surface area (Å²) in [5.41, 5.74) is 0. The molecule has 3 nitrogen and oxygen atoms in total. The van der Waals surface area contributed by atoms with Crippen molar-refractivity contribution in [3.63, 3.8) is 0 Å². The summed E-state index contributed by atoms with van der Waals surface area (Å²) in [4.78, 5) is 11.9. The maximum Gasteiger partial charge on any atom is 0.224 e. The molecule has 0 radical (unpaired) electrons. The fourth-order valence-electron chi connectivity index (χ4n) is 1.86. The number of rotatable bonds is 4. The molecule has 1 heterocycles. The smallest absolute Gasteiger partial charge is 0.224 e. The number of nitrogens with one attached hydrogen (secondary N) is 2. The third-order valence-corrected chi connectivity index (χ3v) is 3.77. The normalized spacial score (nSPS) is 27.8. The molecule has 0 saturated carbocycles. The fraction of sp³-hybridized carbons (Fsp3) is 0.923. The molecule has 1 amide bonds. The molecule has 0 aromatic heterocycles. The summed E-state index contributed by atoms with van der Waals surface area (Å²) < 4.78 is 0. The molecule has 3 heteroatoms. The van der Waals surface area contributed by atoms with Crippen LogP contribution in [-0.2, 0) is 4.79 Å². The van der Waals surface area contributed by atoms with Crippen LogP contribution in [0.4, 0.5) is 0 Å². The molecule has 1 fully saturated rings. The summed E-state index contributed by atoms with van der Waals surface area (Å²) >= 11 is 0. The highest BCUT2D eigenvalue weighted by Gasteiger charge is 2.23. The van der Waals surface area contributed by atoms with E-state index in [1.54, 1.807) is 0 Å². The largest absolute Gasteiger partial charge is 0.356 e. The quantitative estimate of drug-likeness (QED) is 0.767. The van der Waals surface area contributed by atoms with Gasteiger partial charge in [0.25, 0.3) is 0 Å². The van der Waals surface area contributed by atoms with E-state index in [1.807, 2.05) is 0 Å². The zero-order chi connectivity index (χ0) is 12.1. The Morgan fingerprint density at radius 1 is 1.38 bits per heavy atom. The Hall–Kier alpha value is -0.570. The Morgan fingerprint density at radius 3 is 2.56 bits per heavy atom. The molecule has 16 heavy (non-hydrogen) atoms. The highest BCUT2D eigenvalue weighted by Crippen LogP contribution is 2.14. The average molecular weight is 226 g/mol. The van der Waals surface area contributed by atoms with E-state index in [9.17, 15) is 4.79 Å². The van der Waals surface area contributed by atoms with Gasteiger partial charge in [-0.05, 0) is 31.6 Å². The van der Waals surface area contributed by atoms with Gasteiger partial charge in [0.1, 0.15) is 0 Å². The van der Waals surface area contributed by atoms with Gasteiger partial charge in [0.2, 0.25) is 5.91 Å². The maximum absolute atomic E-state index is 11.9. The van der Waals surface area contributed by atoms with Crippen molar-refractivity contribution in [1.82, 2.24) is 10.6 Å². The molecule has 3 atom stereocenters. The summed E-state index contributed by atoms with van der Waals surface area (Å²) in [6, 6.07) is 0.568. The van der Waals surface area contributed by atoms with Gasteiger partial charge in [-0.1, -0.05) is 20.8 Å². The third-order valence-electron chi connectivity index (χ3n) is 3.77. The number of hydrogen-bond acceptors (Lipinski definition) is 2. The van der Waals surface area contributed by atoms with Gasteiger partial charge < -0.3 is 10.6 Å². The molecule has 1 saturated heterocycles. The Labute approximate surface area is 99.4 Å². The van der Waals surface area contributed by atoms with Crippen molar-refractivity contribution in [1.29, 1.82) is 0 Å². The molecule has 0 aromatic carbocycles. The topological polar surface area (TPSA) is 41.1 Å². The van der Waals surface area contributed by atoms with Crippen LogP contribution in [-0.4, -0.2) is 25.0 Å². The lowest BCUT2D eigenvalue weighted by molar-refractivity contribution is -0.125. The number of amides is 1. The molecule has 0 aliphatic carbocycles. The van der Waals surface area contributed by atoms with Crippen molar-refractivity contribution in [3.05, 3.63) is 0 Å². The van der Waals surface area contributed by atoms with E-state index in [0.717, 1.165) is 25.9 Å². The SMILES string of the molecule is CC1CCC(C(=O)NCC(C)C(C)C)CN1. The van der Waals surface area contributed by atoms with Gasteiger partial charge >= 0.3 is 0 Å². The molecule has 0 spiro atoms. The maximum atomic E-state index is 11.9. The highest BCUT2D eigenvalue weighted by molar-refractivity contribution is 5.78. The molecule has 1 aliphatic heterocycles. The van der Waals surface area contributed by atoms with Gasteiger partial charge in [0.15, 0.2) is 0 Å². The molecule has 2 N–H and O–H groups in total. The minimum atomic E-state index is 0.176. The van der Waals surface area contributed by atoms with Crippen LogP contribution in [0.15, 0.2) is 0 Å². The fourth-order valence-corrected chi connectivity index (χ4v) is 1.86. The van der Waals surface area contributed by atoms with E-state index in [2.05, 4.69) is 38.3 Å². The Kier molecular flexibility index (Phi) is 5.26. The predicted molar refractivity (Wildman–Crippen MR) is 67.2 cm³/mol. The van der Waals surface area contributed by atoms with Crippen molar-refractivity contribution in [3.8, 4) is 0 Å². The second kappa shape index (κ2) is 6.24. The van der Waals surface area contributed by atoms with Crippen LogP contribution in [0.5, 0.6) is 0 Å². The molecular formula is C13H26N2O. The monoisotopic (exact) mass is 226 g/mol. The first-order valence-electron chi connectivity index (χ1n) is 6.51. The molecule has 1 aliphatic rings. The zero-order valence-corrected chi connectivity index (χ0v) is 11.0. The molecular weight excluding hydrogens is 200 g/mol. The van der Waals surface area contributed by atoms with Crippen LogP contribution in [0.3, 0.4) is 0 Å². The van der Waals surface area contributed by atoms with Crippen molar-refractivity contribution >= 4 is 5.91 Å². The summed E-state index contributed by atoms with van der Waals surface area (Å²) in [6.07, 6.45) is 2.13. The van der Waals surface area contributed by atoms with Crippen molar-refractivity contribution in [2.24, 2.45) is 17.8 Å². The zero-order valence-electron chi connectivity index (χ0n) is 11.0. The van der Waals surface area contributed by atoms with Crippen molar-refractivity contribution in [2.45, 2.75) is 46.6 Å². The first-order chi connectivity index (χ1) is 7.50. The van der Waals surface area contributed by atoms with E-state index in [-0.39, 0.29) is 11.8 Å². The highest BCUT2D eigenvalue weighted by atomic mass is 16.1. The summed E-state index contributed by atoms with van der Waals surface area (Å²) in [5, 5.41) is 6.43. The van der Waals surface area contributed by atoms with Gasteiger partial charge in [-0.15, -0.1) is 0 Å². The molecule has 1 rings (SSSR count). The van der Waals surface area contributed by atoms with Gasteiger partial charge in [-0.3, -0.25) is 4.79 Å². The summed E-state index contributed by atoms with van der Waals surface area (Å²) in [5.74, 6) is 1.59. The van der Waals surface area contributed by atoms with E-state index in [0.29, 0.717) is 17.9 Å². The first-order valence-corrected chi connectivity index (χ1v) is 6.51. The Bertz CT molecular complexity index is 220. The van der Waals surface area contributed by atoms with E-state index in [4.69, 9.17) is 0 Å². The minimum absolute atomic E-state index is 0.176. The molecule has 94 valence electrons. The van der Waals surface area contributed by atoms with E-state index in [1.165, 1.54) is 0 Å². The van der Waals surface area contributed by atoms with E-state index >= 15 is 0 Å². The molecule has 3 unspecified atom stereocenters. The standard InChI is InChI=1S/C13H26N2O/c1-9(2)10(3)7-15-13(16)12-6-5-11(4)14-8-12/h9-12,14H,5-8H2,1-4H3,(H,15,16). The molecule has 0 aromatic rings. The van der Waals surface area contributed by atoms with Crippen LogP contribution >= 0.6 is 0 Å². The second-order valence-corrected chi connectivity index (χ2v) is 5.55. The van der Waals surface area contributed by atoms with E-state index < -0.39 is 0 Å². The number of hydrogen-bond donors (Lipinski definition) is 2. The third kappa shape index (κ3) is 4.12. The summed E-state index contributed by atoms with van der Waals surface area (Å²) in [7, 11) is 0. The number of piperidine rings is 1. The van der Waals surface area contributed by atoms with Gasteiger partial charge in [0.05, 0.1) is 5.92 Å². The predicted octanol–water partition coefficient (Wildman–Crippen LogP) is 1.78. The molecule has 0 bridgehead atoms. The Morgan fingerprint density at radius 2 is 2.06 bits per heavy atom. The number of carbonyl (C=O) groups excluding carboxylic acids is 1. The first kappa shape index (κ1) is 13.5. The lowest BCUT2D eigenvalue weighted by Crippen LogP contribution is -2.45. The van der Waals surface area contributed by atoms with Crippen LogP contribution < -0.4 is 10.6 Å². The van der Waals surface area contributed by atoms with Gasteiger partial charge in [-0.25, -0.2) is 0 Å². The van der Waals surface area contributed by atoms with Crippen LogP contribution in [0.2, 0.25) is 0 Å². The van der Waals surface area contributed by atoms with Crippen LogP contribution in [0.1, 0.15) is 40.5 Å². The second-order valence-electron chi connectivity index (χ2n) is 5.55. The van der Waals surface area contributed by atoms with Crippen LogP contribution in [0, 0.1) is 17.8 Å².